The molecule has 3 aliphatic rings. The minimum atomic E-state index is 1.06. The maximum absolute atomic E-state index is 2.58. The second kappa shape index (κ2) is 8.71. The molecule has 1 aliphatic heterocycles. The molecule has 2 atom stereocenters. The fourth-order valence-corrected chi connectivity index (χ4v) is 5.05. The molecule has 0 bridgehead atoms. The molecule has 2 unspecified atom stereocenters. The standard InChI is InChI=1S/C21H39N/c1-22-16-4-10-20(14-12-18-6-2-7-18)21(11-5-17-22)15-13-19-8-3-9-19/h18-21H,2-17H2,1H3. The van der Waals surface area contributed by atoms with Crippen molar-refractivity contribution < 1.29 is 0 Å². The van der Waals surface area contributed by atoms with Crippen molar-refractivity contribution in [3.8, 4) is 0 Å². The predicted octanol–water partition coefficient (Wildman–Crippen LogP) is 5.89. The number of rotatable bonds is 6. The van der Waals surface area contributed by atoms with E-state index >= 15 is 0 Å². The van der Waals surface area contributed by atoms with Crippen LogP contribution in [-0.2, 0) is 0 Å². The highest BCUT2D eigenvalue weighted by Crippen LogP contribution is 2.39. The van der Waals surface area contributed by atoms with E-state index in [1.54, 1.807) is 51.4 Å². The normalized spacial score (nSPS) is 32.6. The summed E-state index contributed by atoms with van der Waals surface area (Å²) in [7, 11) is 2.33. The molecular formula is C21H39N. The molecule has 22 heavy (non-hydrogen) atoms. The van der Waals surface area contributed by atoms with Crippen LogP contribution in [0.4, 0.5) is 0 Å². The summed E-state index contributed by atoms with van der Waals surface area (Å²) in [5, 5.41) is 0. The van der Waals surface area contributed by atoms with Crippen molar-refractivity contribution in [2.75, 3.05) is 20.1 Å². The molecule has 0 aromatic carbocycles. The van der Waals surface area contributed by atoms with Crippen LogP contribution in [0, 0.1) is 23.7 Å². The first-order chi connectivity index (χ1) is 10.8. The maximum atomic E-state index is 2.58. The second-order valence-corrected chi connectivity index (χ2v) is 8.86. The van der Waals surface area contributed by atoms with Gasteiger partial charge in [-0.2, -0.15) is 0 Å². The molecule has 2 aliphatic carbocycles. The van der Waals surface area contributed by atoms with E-state index in [0.29, 0.717) is 0 Å². The first-order valence-corrected chi connectivity index (χ1v) is 10.5. The quantitative estimate of drug-likeness (QED) is 0.592. The van der Waals surface area contributed by atoms with Gasteiger partial charge in [0.1, 0.15) is 0 Å². The molecule has 1 saturated heterocycles. The Morgan fingerprint density at radius 2 is 1.05 bits per heavy atom. The molecule has 1 heterocycles. The first-order valence-electron chi connectivity index (χ1n) is 10.5. The summed E-state index contributed by atoms with van der Waals surface area (Å²) < 4.78 is 0. The Morgan fingerprint density at radius 1 is 0.591 bits per heavy atom. The van der Waals surface area contributed by atoms with Crippen LogP contribution in [0.15, 0.2) is 0 Å². The fourth-order valence-electron chi connectivity index (χ4n) is 5.05. The third-order valence-electron chi connectivity index (χ3n) is 7.24. The average molecular weight is 306 g/mol. The molecule has 1 nitrogen and oxygen atoms in total. The number of nitrogens with zero attached hydrogens (tertiary/aromatic N) is 1. The lowest BCUT2D eigenvalue weighted by molar-refractivity contribution is 0.189. The van der Waals surface area contributed by atoms with Gasteiger partial charge in [0.25, 0.3) is 0 Å². The molecule has 0 radical (unpaired) electrons. The average Bonchev–Trinajstić information content (AvgIpc) is 2.47. The van der Waals surface area contributed by atoms with Crippen molar-refractivity contribution in [3.63, 3.8) is 0 Å². The lowest BCUT2D eigenvalue weighted by Gasteiger charge is -2.33. The van der Waals surface area contributed by atoms with Crippen molar-refractivity contribution in [2.24, 2.45) is 23.7 Å². The SMILES string of the molecule is CN1CCCC(CCC2CCC2)C(CCC2CCC2)CCC1. The van der Waals surface area contributed by atoms with Gasteiger partial charge in [0.05, 0.1) is 0 Å². The Hall–Kier alpha value is -0.0400. The zero-order valence-corrected chi connectivity index (χ0v) is 15.1. The summed E-state index contributed by atoms with van der Waals surface area (Å²) in [5.74, 6) is 4.35. The van der Waals surface area contributed by atoms with E-state index in [1.807, 2.05) is 0 Å². The molecule has 2 saturated carbocycles. The van der Waals surface area contributed by atoms with Crippen LogP contribution in [-0.4, -0.2) is 25.0 Å². The Morgan fingerprint density at radius 3 is 1.41 bits per heavy atom. The highest BCUT2D eigenvalue weighted by Gasteiger charge is 2.27. The highest BCUT2D eigenvalue weighted by molar-refractivity contribution is 4.79. The van der Waals surface area contributed by atoms with Gasteiger partial charge in [0.2, 0.25) is 0 Å². The van der Waals surface area contributed by atoms with E-state index in [1.165, 1.54) is 51.6 Å². The van der Waals surface area contributed by atoms with Crippen molar-refractivity contribution in [3.05, 3.63) is 0 Å². The van der Waals surface area contributed by atoms with Crippen LogP contribution in [0.2, 0.25) is 0 Å². The van der Waals surface area contributed by atoms with Gasteiger partial charge in [0, 0.05) is 0 Å². The van der Waals surface area contributed by atoms with Gasteiger partial charge in [-0.25, -0.2) is 0 Å². The van der Waals surface area contributed by atoms with Crippen LogP contribution < -0.4 is 0 Å². The number of hydrogen-bond acceptors (Lipinski definition) is 1. The van der Waals surface area contributed by atoms with Crippen LogP contribution in [0.25, 0.3) is 0 Å². The van der Waals surface area contributed by atoms with Gasteiger partial charge >= 0.3 is 0 Å². The highest BCUT2D eigenvalue weighted by atomic mass is 15.1. The van der Waals surface area contributed by atoms with Gasteiger partial charge in [-0.1, -0.05) is 51.4 Å². The van der Waals surface area contributed by atoms with Crippen LogP contribution in [0.1, 0.15) is 89.9 Å². The summed E-state index contributed by atoms with van der Waals surface area (Å²) in [6.07, 6.45) is 21.4. The van der Waals surface area contributed by atoms with E-state index in [-0.39, 0.29) is 0 Å². The molecule has 0 aromatic heterocycles. The lowest BCUT2D eigenvalue weighted by atomic mass is 9.73. The minimum Gasteiger partial charge on any atom is -0.306 e. The van der Waals surface area contributed by atoms with E-state index in [9.17, 15) is 0 Å². The third kappa shape index (κ3) is 4.98. The van der Waals surface area contributed by atoms with E-state index < -0.39 is 0 Å². The van der Waals surface area contributed by atoms with E-state index in [2.05, 4.69) is 11.9 Å². The first kappa shape index (κ1) is 16.8. The summed E-state index contributed by atoms with van der Waals surface area (Å²) >= 11 is 0. The summed E-state index contributed by atoms with van der Waals surface area (Å²) in [6, 6.07) is 0. The van der Waals surface area contributed by atoms with Gasteiger partial charge in [-0.3, -0.25) is 0 Å². The summed E-state index contributed by atoms with van der Waals surface area (Å²) in [4.78, 5) is 2.58. The molecule has 3 fully saturated rings. The van der Waals surface area contributed by atoms with Crippen molar-refractivity contribution in [1.29, 1.82) is 0 Å². The van der Waals surface area contributed by atoms with Gasteiger partial charge in [-0.05, 0) is 82.3 Å². The largest absolute Gasteiger partial charge is 0.306 e. The lowest BCUT2D eigenvalue weighted by Crippen LogP contribution is -2.21. The van der Waals surface area contributed by atoms with Gasteiger partial charge in [-0.15, -0.1) is 0 Å². The molecule has 0 aromatic rings. The maximum Gasteiger partial charge on any atom is -0.00217 e. The van der Waals surface area contributed by atoms with Crippen molar-refractivity contribution >= 4 is 0 Å². The molecule has 1 heteroatoms. The molecule has 0 amide bonds. The Labute approximate surface area is 139 Å². The fraction of sp³-hybridized carbons (Fsp3) is 1.00. The zero-order chi connectivity index (χ0) is 15.2. The Kier molecular flexibility index (Phi) is 6.65. The summed E-state index contributed by atoms with van der Waals surface area (Å²) in [6.45, 7) is 2.69. The smallest absolute Gasteiger partial charge is 0.00217 e. The minimum absolute atomic E-state index is 1.06. The van der Waals surface area contributed by atoms with E-state index in [0.717, 1.165) is 23.7 Å². The molecule has 0 spiro atoms. The van der Waals surface area contributed by atoms with Gasteiger partial charge < -0.3 is 4.90 Å². The Balaban J connectivity index is 1.50. The summed E-state index contributed by atoms with van der Waals surface area (Å²) in [5.41, 5.74) is 0. The third-order valence-corrected chi connectivity index (χ3v) is 7.24. The van der Waals surface area contributed by atoms with Crippen molar-refractivity contribution in [2.45, 2.75) is 89.9 Å². The second-order valence-electron chi connectivity index (χ2n) is 8.86. The van der Waals surface area contributed by atoms with Crippen LogP contribution in [0.3, 0.4) is 0 Å². The topological polar surface area (TPSA) is 3.24 Å². The van der Waals surface area contributed by atoms with Crippen molar-refractivity contribution in [1.82, 2.24) is 4.90 Å². The Bertz CT molecular complexity index is 275. The molecule has 3 rings (SSSR count). The van der Waals surface area contributed by atoms with Crippen LogP contribution >= 0.6 is 0 Å². The molecule has 0 N–H and O–H groups in total. The number of hydrogen-bond donors (Lipinski definition) is 0. The van der Waals surface area contributed by atoms with Gasteiger partial charge in [0.15, 0.2) is 0 Å². The van der Waals surface area contributed by atoms with E-state index in [4.69, 9.17) is 0 Å². The predicted molar refractivity (Wildman–Crippen MR) is 96.1 cm³/mol. The monoisotopic (exact) mass is 305 g/mol. The molecular weight excluding hydrogens is 266 g/mol. The zero-order valence-electron chi connectivity index (χ0n) is 15.1. The molecule has 128 valence electrons. The van der Waals surface area contributed by atoms with Crippen LogP contribution in [0.5, 0.6) is 0 Å².